The topological polar surface area (TPSA) is 52.6 Å². The van der Waals surface area contributed by atoms with Gasteiger partial charge in [0.2, 0.25) is 5.91 Å². The molecule has 1 atom stereocenters. The zero-order valence-electron chi connectivity index (χ0n) is 12.4. The van der Waals surface area contributed by atoms with Crippen molar-refractivity contribution in [3.63, 3.8) is 0 Å². The Morgan fingerprint density at radius 1 is 1.24 bits per heavy atom. The number of para-hydroxylation sites is 1. The number of hydrogen-bond acceptors (Lipinski definition) is 3. The first-order chi connectivity index (χ1) is 10.3. The standard InChI is InChI=1S/C17H24N2O2/c20-12-4-11-19(14-6-3-7-14)16-10-9-13-5-1-2-8-15(13)18-17(16)21/h1-2,5,8,14,16,20H,3-4,6-7,9-12H2,(H,18,21). The van der Waals surface area contributed by atoms with E-state index in [1.54, 1.807) is 0 Å². The molecule has 1 aromatic carbocycles. The molecule has 0 spiro atoms. The highest BCUT2D eigenvalue weighted by atomic mass is 16.3. The monoisotopic (exact) mass is 288 g/mol. The lowest BCUT2D eigenvalue weighted by molar-refractivity contribution is -0.123. The molecule has 0 bridgehead atoms. The van der Waals surface area contributed by atoms with E-state index >= 15 is 0 Å². The largest absolute Gasteiger partial charge is 0.396 e. The van der Waals surface area contributed by atoms with Gasteiger partial charge in [-0.1, -0.05) is 24.6 Å². The number of hydrogen-bond donors (Lipinski definition) is 2. The van der Waals surface area contributed by atoms with Gasteiger partial charge in [-0.2, -0.15) is 0 Å². The zero-order chi connectivity index (χ0) is 14.7. The first-order valence-corrected chi connectivity index (χ1v) is 8.05. The Bertz CT molecular complexity index is 499. The minimum Gasteiger partial charge on any atom is -0.396 e. The smallest absolute Gasteiger partial charge is 0.241 e. The lowest BCUT2D eigenvalue weighted by atomic mass is 9.89. The average Bonchev–Trinajstić information content (AvgIpc) is 2.60. The second-order valence-corrected chi connectivity index (χ2v) is 6.10. The molecule has 1 amide bonds. The van der Waals surface area contributed by atoms with Gasteiger partial charge in [0, 0.05) is 24.9 Å². The van der Waals surface area contributed by atoms with Crippen LogP contribution >= 0.6 is 0 Å². The summed E-state index contributed by atoms with van der Waals surface area (Å²) in [6.07, 6.45) is 6.17. The molecule has 1 aliphatic heterocycles. The summed E-state index contributed by atoms with van der Waals surface area (Å²) >= 11 is 0. The quantitative estimate of drug-likeness (QED) is 0.873. The first-order valence-electron chi connectivity index (χ1n) is 8.05. The number of aliphatic hydroxyl groups is 1. The van der Waals surface area contributed by atoms with Crippen molar-refractivity contribution in [1.82, 2.24) is 4.90 Å². The Kier molecular flexibility index (Phi) is 4.56. The molecule has 0 aromatic heterocycles. The van der Waals surface area contributed by atoms with Crippen molar-refractivity contribution < 1.29 is 9.90 Å². The molecule has 21 heavy (non-hydrogen) atoms. The van der Waals surface area contributed by atoms with E-state index in [2.05, 4.69) is 16.3 Å². The van der Waals surface area contributed by atoms with Gasteiger partial charge in [-0.3, -0.25) is 9.69 Å². The molecular weight excluding hydrogens is 264 g/mol. The molecule has 0 radical (unpaired) electrons. The predicted molar refractivity (Wildman–Crippen MR) is 83.2 cm³/mol. The van der Waals surface area contributed by atoms with E-state index in [0.717, 1.165) is 31.5 Å². The molecule has 2 aliphatic rings. The number of carbonyl (C=O) groups excluding carboxylic acids is 1. The number of benzene rings is 1. The van der Waals surface area contributed by atoms with Crippen LogP contribution in [-0.2, 0) is 11.2 Å². The lowest BCUT2D eigenvalue weighted by Crippen LogP contribution is -2.52. The molecular formula is C17H24N2O2. The molecule has 1 aromatic rings. The SMILES string of the molecule is O=C1Nc2ccccc2CCC1N(CCCO)C1CCC1. The van der Waals surface area contributed by atoms with E-state index in [0.29, 0.717) is 6.04 Å². The van der Waals surface area contributed by atoms with Crippen LogP contribution in [0.3, 0.4) is 0 Å². The number of anilines is 1. The Hall–Kier alpha value is -1.39. The van der Waals surface area contributed by atoms with Crippen LogP contribution in [0.4, 0.5) is 5.69 Å². The Balaban J connectivity index is 1.76. The number of aryl methyl sites for hydroxylation is 1. The fourth-order valence-electron chi connectivity index (χ4n) is 3.38. The van der Waals surface area contributed by atoms with Gasteiger partial charge in [-0.05, 0) is 43.7 Å². The molecule has 0 saturated heterocycles. The summed E-state index contributed by atoms with van der Waals surface area (Å²) in [6, 6.07) is 8.54. The maximum Gasteiger partial charge on any atom is 0.241 e. The van der Waals surface area contributed by atoms with E-state index in [9.17, 15) is 4.79 Å². The van der Waals surface area contributed by atoms with Crippen molar-refractivity contribution in [2.24, 2.45) is 0 Å². The Morgan fingerprint density at radius 3 is 2.76 bits per heavy atom. The highest BCUT2D eigenvalue weighted by Gasteiger charge is 2.35. The van der Waals surface area contributed by atoms with Crippen LogP contribution in [-0.4, -0.2) is 41.1 Å². The van der Waals surface area contributed by atoms with Crippen LogP contribution in [0.1, 0.15) is 37.7 Å². The van der Waals surface area contributed by atoms with E-state index in [4.69, 9.17) is 5.11 Å². The summed E-state index contributed by atoms with van der Waals surface area (Å²) < 4.78 is 0. The van der Waals surface area contributed by atoms with Gasteiger partial charge >= 0.3 is 0 Å². The van der Waals surface area contributed by atoms with E-state index < -0.39 is 0 Å². The molecule has 1 aliphatic carbocycles. The van der Waals surface area contributed by atoms with Gasteiger partial charge in [0.1, 0.15) is 0 Å². The number of aliphatic hydroxyl groups excluding tert-OH is 1. The van der Waals surface area contributed by atoms with Crippen LogP contribution in [0.5, 0.6) is 0 Å². The molecule has 1 saturated carbocycles. The molecule has 1 unspecified atom stereocenters. The number of carbonyl (C=O) groups is 1. The summed E-state index contributed by atoms with van der Waals surface area (Å²) in [5, 5.41) is 12.2. The van der Waals surface area contributed by atoms with Crippen molar-refractivity contribution in [3.05, 3.63) is 29.8 Å². The third-order valence-electron chi connectivity index (χ3n) is 4.78. The number of nitrogens with zero attached hydrogens (tertiary/aromatic N) is 1. The number of amides is 1. The lowest BCUT2D eigenvalue weighted by Gasteiger charge is -2.41. The van der Waals surface area contributed by atoms with Gasteiger partial charge in [0.15, 0.2) is 0 Å². The molecule has 1 heterocycles. The van der Waals surface area contributed by atoms with Gasteiger partial charge in [0.25, 0.3) is 0 Å². The highest BCUT2D eigenvalue weighted by Crippen LogP contribution is 2.30. The summed E-state index contributed by atoms with van der Waals surface area (Å²) in [5.41, 5.74) is 2.18. The van der Waals surface area contributed by atoms with Crippen molar-refractivity contribution >= 4 is 11.6 Å². The zero-order valence-corrected chi connectivity index (χ0v) is 12.4. The second kappa shape index (κ2) is 6.58. The van der Waals surface area contributed by atoms with E-state index in [-0.39, 0.29) is 18.6 Å². The summed E-state index contributed by atoms with van der Waals surface area (Å²) in [6.45, 7) is 1.01. The van der Waals surface area contributed by atoms with Crippen LogP contribution in [0.25, 0.3) is 0 Å². The van der Waals surface area contributed by atoms with Crippen molar-refractivity contribution in [3.8, 4) is 0 Å². The van der Waals surface area contributed by atoms with Gasteiger partial charge < -0.3 is 10.4 Å². The van der Waals surface area contributed by atoms with Gasteiger partial charge in [-0.15, -0.1) is 0 Å². The summed E-state index contributed by atoms with van der Waals surface area (Å²) in [7, 11) is 0. The average molecular weight is 288 g/mol. The Morgan fingerprint density at radius 2 is 2.05 bits per heavy atom. The molecule has 3 rings (SSSR count). The van der Waals surface area contributed by atoms with Crippen LogP contribution in [0, 0.1) is 0 Å². The summed E-state index contributed by atoms with van der Waals surface area (Å²) in [5.74, 6) is 0.116. The minimum absolute atomic E-state index is 0.0609. The third-order valence-corrected chi connectivity index (χ3v) is 4.78. The van der Waals surface area contributed by atoms with Crippen molar-refractivity contribution in [2.75, 3.05) is 18.5 Å². The molecule has 4 nitrogen and oxygen atoms in total. The maximum absolute atomic E-state index is 12.6. The third kappa shape index (κ3) is 3.11. The minimum atomic E-state index is -0.0609. The Labute approximate surface area is 126 Å². The van der Waals surface area contributed by atoms with Crippen LogP contribution in [0.15, 0.2) is 24.3 Å². The number of fused-ring (bicyclic) bond motifs is 1. The fourth-order valence-corrected chi connectivity index (χ4v) is 3.38. The maximum atomic E-state index is 12.6. The van der Waals surface area contributed by atoms with Crippen LogP contribution < -0.4 is 5.32 Å². The van der Waals surface area contributed by atoms with Gasteiger partial charge in [0.05, 0.1) is 6.04 Å². The number of rotatable bonds is 5. The first kappa shape index (κ1) is 14.5. The molecule has 4 heteroatoms. The predicted octanol–water partition coefficient (Wildman–Crippen LogP) is 2.18. The van der Waals surface area contributed by atoms with Crippen LogP contribution in [0.2, 0.25) is 0 Å². The van der Waals surface area contributed by atoms with Crippen molar-refractivity contribution in [1.29, 1.82) is 0 Å². The fraction of sp³-hybridized carbons (Fsp3) is 0.588. The van der Waals surface area contributed by atoms with E-state index in [1.807, 2.05) is 18.2 Å². The van der Waals surface area contributed by atoms with Gasteiger partial charge in [-0.25, -0.2) is 0 Å². The normalized spacial score (nSPS) is 22.4. The van der Waals surface area contributed by atoms with Crippen molar-refractivity contribution in [2.45, 2.75) is 50.6 Å². The molecule has 2 N–H and O–H groups in total. The highest BCUT2D eigenvalue weighted by molar-refractivity contribution is 5.96. The second-order valence-electron chi connectivity index (χ2n) is 6.10. The molecule has 1 fully saturated rings. The summed E-state index contributed by atoms with van der Waals surface area (Å²) in [4.78, 5) is 14.9. The van der Waals surface area contributed by atoms with E-state index in [1.165, 1.54) is 24.8 Å². The number of nitrogens with one attached hydrogen (secondary N) is 1. The molecule has 114 valence electrons.